The molecule has 1 fully saturated rings. The monoisotopic (exact) mass is 550 g/mol. The fourth-order valence-corrected chi connectivity index (χ4v) is 4.91. The summed E-state index contributed by atoms with van der Waals surface area (Å²) in [5.74, 6) is -0.685. The zero-order valence-electron chi connectivity index (χ0n) is 19.4. The normalized spacial score (nSPS) is 16.1. The average molecular weight is 551 g/mol. The van der Waals surface area contributed by atoms with E-state index in [-0.39, 0.29) is 23.3 Å². The van der Waals surface area contributed by atoms with E-state index in [0.717, 1.165) is 23.5 Å². The van der Waals surface area contributed by atoms with Crippen molar-refractivity contribution in [1.29, 1.82) is 0 Å². The van der Waals surface area contributed by atoms with Crippen molar-refractivity contribution in [3.8, 4) is 0 Å². The number of rotatable bonds is 8. The largest absolute Gasteiger partial charge is 0.465 e. The van der Waals surface area contributed by atoms with Crippen LogP contribution in [0.1, 0.15) is 15.9 Å². The summed E-state index contributed by atoms with van der Waals surface area (Å²) in [7, 11) is 1.20. The maximum Gasteiger partial charge on any atom is 0.351 e. The minimum Gasteiger partial charge on any atom is -0.465 e. The number of amides is 1. The first-order valence-corrected chi connectivity index (χ1v) is 12.9. The molecule has 0 aliphatic carbocycles. The molecular formula is C25H24Cl2N2O6S. The van der Waals surface area contributed by atoms with Gasteiger partial charge in [0.05, 0.1) is 35.6 Å². The highest BCUT2D eigenvalue weighted by molar-refractivity contribution is 8.00. The SMILES string of the molecule is COC(=O)c1cc2cc(SCC(=O)NCC3CN(Cc4ccc(Cl)c(Cl)c4)CCO3)ccc2oc1=O. The molecule has 2 heterocycles. The van der Waals surface area contributed by atoms with Crippen molar-refractivity contribution >= 4 is 57.8 Å². The smallest absolute Gasteiger partial charge is 0.351 e. The Kier molecular flexibility index (Phi) is 8.92. The van der Waals surface area contributed by atoms with Crippen molar-refractivity contribution in [2.45, 2.75) is 17.5 Å². The van der Waals surface area contributed by atoms with E-state index < -0.39 is 11.6 Å². The van der Waals surface area contributed by atoms with Crippen molar-refractivity contribution in [3.63, 3.8) is 0 Å². The number of ether oxygens (including phenoxy) is 2. The van der Waals surface area contributed by atoms with Crippen molar-refractivity contribution in [3.05, 3.63) is 74.1 Å². The number of halogens is 2. The third-order valence-corrected chi connectivity index (χ3v) is 7.35. The summed E-state index contributed by atoms with van der Waals surface area (Å²) in [5, 5.41) is 4.56. The van der Waals surface area contributed by atoms with Crippen molar-refractivity contribution in [2.75, 3.05) is 39.1 Å². The van der Waals surface area contributed by atoms with Gasteiger partial charge in [-0.15, -0.1) is 11.8 Å². The predicted octanol–water partition coefficient (Wildman–Crippen LogP) is 4.00. The number of carbonyl (C=O) groups excluding carboxylic acids is 2. The van der Waals surface area contributed by atoms with E-state index in [1.807, 2.05) is 12.1 Å². The number of morpholine rings is 1. The van der Waals surface area contributed by atoms with Crippen LogP contribution in [0.15, 0.2) is 56.6 Å². The Labute approximate surface area is 221 Å². The molecule has 1 amide bonds. The number of methoxy groups -OCH3 is 1. The third-order valence-electron chi connectivity index (χ3n) is 5.62. The number of fused-ring (bicyclic) bond motifs is 1. The number of benzene rings is 2. The number of nitrogens with zero attached hydrogens (tertiary/aromatic N) is 1. The van der Waals surface area contributed by atoms with Crippen molar-refractivity contribution < 1.29 is 23.5 Å². The second kappa shape index (κ2) is 12.1. The molecule has 1 N–H and O–H groups in total. The van der Waals surface area contributed by atoms with Gasteiger partial charge in [0, 0.05) is 36.5 Å². The second-order valence-corrected chi connectivity index (χ2v) is 10.1. The molecule has 1 aliphatic rings. The van der Waals surface area contributed by atoms with Gasteiger partial charge in [-0.05, 0) is 42.0 Å². The zero-order valence-corrected chi connectivity index (χ0v) is 21.8. The van der Waals surface area contributed by atoms with Gasteiger partial charge in [-0.25, -0.2) is 9.59 Å². The van der Waals surface area contributed by atoms with Gasteiger partial charge in [-0.2, -0.15) is 0 Å². The van der Waals surface area contributed by atoms with E-state index in [0.29, 0.717) is 40.7 Å². The molecule has 0 saturated carbocycles. The standard InChI is InChI=1S/C25H24Cl2N2O6S/c1-33-24(31)19-10-16-9-18(3-5-22(16)35-25(19)32)36-14-23(30)28-11-17-13-29(6-7-34-17)12-15-2-4-20(26)21(27)8-15/h2-5,8-10,17H,6-7,11-14H2,1H3,(H,28,30). The molecule has 1 aromatic heterocycles. The first-order chi connectivity index (χ1) is 17.3. The molecule has 0 spiro atoms. The first-order valence-electron chi connectivity index (χ1n) is 11.2. The highest BCUT2D eigenvalue weighted by Crippen LogP contribution is 2.25. The van der Waals surface area contributed by atoms with Crippen LogP contribution >= 0.6 is 35.0 Å². The van der Waals surface area contributed by atoms with Crippen LogP contribution in [0.2, 0.25) is 10.0 Å². The fourth-order valence-electron chi connectivity index (χ4n) is 3.81. The Morgan fingerprint density at radius 3 is 2.78 bits per heavy atom. The minimum absolute atomic E-state index is 0.115. The van der Waals surface area contributed by atoms with Gasteiger partial charge in [0.15, 0.2) is 0 Å². The molecule has 1 saturated heterocycles. The highest BCUT2D eigenvalue weighted by Gasteiger charge is 2.21. The molecule has 1 aliphatic heterocycles. The van der Waals surface area contributed by atoms with E-state index >= 15 is 0 Å². The maximum absolute atomic E-state index is 12.4. The summed E-state index contributed by atoms with van der Waals surface area (Å²) in [6.45, 7) is 3.19. The summed E-state index contributed by atoms with van der Waals surface area (Å²) < 4.78 is 15.6. The highest BCUT2D eigenvalue weighted by atomic mass is 35.5. The van der Waals surface area contributed by atoms with Crippen LogP contribution in [-0.2, 0) is 20.8 Å². The Bertz CT molecular complexity index is 1330. The minimum atomic E-state index is -0.761. The fraction of sp³-hybridized carbons (Fsp3) is 0.320. The molecule has 190 valence electrons. The van der Waals surface area contributed by atoms with Gasteiger partial charge in [0.2, 0.25) is 5.91 Å². The van der Waals surface area contributed by atoms with Gasteiger partial charge >= 0.3 is 11.6 Å². The van der Waals surface area contributed by atoms with Gasteiger partial charge in [-0.3, -0.25) is 9.69 Å². The lowest BCUT2D eigenvalue weighted by Gasteiger charge is -2.33. The van der Waals surface area contributed by atoms with Gasteiger partial charge < -0.3 is 19.2 Å². The van der Waals surface area contributed by atoms with Crippen LogP contribution in [0, 0.1) is 0 Å². The van der Waals surface area contributed by atoms with Crippen LogP contribution < -0.4 is 10.9 Å². The van der Waals surface area contributed by atoms with Crippen LogP contribution in [0.25, 0.3) is 11.0 Å². The predicted molar refractivity (Wildman–Crippen MR) is 139 cm³/mol. The quantitative estimate of drug-likeness (QED) is 0.255. The Morgan fingerprint density at radius 1 is 1.17 bits per heavy atom. The Balaban J connectivity index is 1.27. The molecule has 1 unspecified atom stereocenters. The Morgan fingerprint density at radius 2 is 2.00 bits per heavy atom. The lowest BCUT2D eigenvalue weighted by Crippen LogP contribution is -2.47. The van der Waals surface area contributed by atoms with E-state index in [9.17, 15) is 14.4 Å². The molecular weight excluding hydrogens is 527 g/mol. The summed E-state index contributed by atoms with van der Waals surface area (Å²) in [5.41, 5.74) is 0.486. The molecule has 3 aromatic rings. The van der Waals surface area contributed by atoms with Crippen LogP contribution in [0.4, 0.5) is 0 Å². The Hall–Kier alpha value is -2.56. The second-order valence-electron chi connectivity index (χ2n) is 8.21. The summed E-state index contributed by atoms with van der Waals surface area (Å²) >= 11 is 13.5. The third kappa shape index (κ3) is 6.80. The molecule has 36 heavy (non-hydrogen) atoms. The summed E-state index contributed by atoms with van der Waals surface area (Å²) in [6.07, 6.45) is -0.115. The zero-order chi connectivity index (χ0) is 25.7. The number of thioether (sulfide) groups is 1. The van der Waals surface area contributed by atoms with E-state index in [1.165, 1.54) is 24.9 Å². The van der Waals surface area contributed by atoms with Crippen molar-refractivity contribution in [1.82, 2.24) is 10.2 Å². The number of nitrogens with one attached hydrogen (secondary N) is 1. The number of carbonyl (C=O) groups is 2. The number of hydrogen-bond donors (Lipinski definition) is 1. The maximum atomic E-state index is 12.4. The van der Waals surface area contributed by atoms with E-state index in [1.54, 1.807) is 24.3 Å². The number of esters is 1. The molecule has 2 aromatic carbocycles. The number of hydrogen-bond acceptors (Lipinski definition) is 8. The molecule has 4 rings (SSSR count). The van der Waals surface area contributed by atoms with Crippen LogP contribution in [0.5, 0.6) is 0 Å². The van der Waals surface area contributed by atoms with Crippen molar-refractivity contribution in [2.24, 2.45) is 0 Å². The summed E-state index contributed by atoms with van der Waals surface area (Å²) in [4.78, 5) is 39.2. The lowest BCUT2D eigenvalue weighted by molar-refractivity contribution is -0.119. The van der Waals surface area contributed by atoms with Crippen LogP contribution in [0.3, 0.4) is 0 Å². The van der Waals surface area contributed by atoms with Gasteiger partial charge in [0.1, 0.15) is 11.1 Å². The molecule has 0 bridgehead atoms. The first kappa shape index (κ1) is 26.5. The summed E-state index contributed by atoms with van der Waals surface area (Å²) in [6, 6.07) is 12.2. The average Bonchev–Trinajstić information content (AvgIpc) is 2.87. The topological polar surface area (TPSA) is 98.1 Å². The lowest BCUT2D eigenvalue weighted by atomic mass is 10.2. The van der Waals surface area contributed by atoms with Gasteiger partial charge in [0.25, 0.3) is 0 Å². The van der Waals surface area contributed by atoms with Crippen LogP contribution in [-0.4, -0.2) is 62.0 Å². The van der Waals surface area contributed by atoms with E-state index in [2.05, 4.69) is 15.0 Å². The molecule has 11 heteroatoms. The van der Waals surface area contributed by atoms with Gasteiger partial charge in [-0.1, -0.05) is 29.3 Å². The van der Waals surface area contributed by atoms with E-state index in [4.69, 9.17) is 32.4 Å². The molecule has 0 radical (unpaired) electrons. The molecule has 1 atom stereocenters. The molecule has 8 nitrogen and oxygen atoms in total.